The minimum Gasteiger partial charge on any atom is -0.497 e. The van der Waals surface area contributed by atoms with Crippen molar-refractivity contribution in [1.29, 1.82) is 5.26 Å². The monoisotopic (exact) mass is 989 g/mol. The molecule has 69 heavy (non-hydrogen) atoms. The predicted octanol–water partition coefficient (Wildman–Crippen LogP) is 9.43. The van der Waals surface area contributed by atoms with Gasteiger partial charge < -0.3 is 29.0 Å². The number of rotatable bonds is 24. The molecule has 20 heteroatoms. The molecule has 1 aliphatic rings. The van der Waals surface area contributed by atoms with Crippen molar-refractivity contribution in [2.75, 3.05) is 51.7 Å². The van der Waals surface area contributed by atoms with Gasteiger partial charge in [0.2, 0.25) is 0 Å². The zero-order valence-electron chi connectivity index (χ0n) is 37.6. The van der Waals surface area contributed by atoms with E-state index in [0.717, 1.165) is 21.7 Å². The van der Waals surface area contributed by atoms with Crippen LogP contribution in [0.4, 0.5) is 5.82 Å². The predicted molar refractivity (Wildman–Crippen MR) is 260 cm³/mol. The fraction of sp³-hybridized carbons (Fsp3) is 0.265. The van der Waals surface area contributed by atoms with Crippen LogP contribution in [0.15, 0.2) is 151 Å². The molecule has 4 atom stereocenters. The Morgan fingerprint density at radius 2 is 1.49 bits per heavy atom. The van der Waals surface area contributed by atoms with Crippen molar-refractivity contribution in [3.63, 3.8) is 0 Å². The Bertz CT molecular complexity index is 2780. The maximum Gasteiger partial charge on any atom is 0.475 e. The summed E-state index contributed by atoms with van der Waals surface area (Å²) in [6.07, 6.45) is 1.86. The molecule has 1 fully saturated rings. The second kappa shape index (κ2) is 23.8. The van der Waals surface area contributed by atoms with Crippen LogP contribution in [-0.2, 0) is 38.0 Å². The SMILES string of the molecule is COc1ccc(C(OC[C@H]2O[C@@H](n3cnc4c(NC(=O)COc5ccccc5)ncnc43)C[C@H]2OP(=O)(OCCC#N)OCCSSc2ccccn2)(c2ccccc2)c2ccc(OC)cc2)cc1. The summed E-state index contributed by atoms with van der Waals surface area (Å²) >= 11 is 0. The Labute approximate surface area is 406 Å². The maximum atomic E-state index is 14.7. The number of hydrogen-bond donors (Lipinski definition) is 1. The van der Waals surface area contributed by atoms with Crippen LogP contribution in [0.5, 0.6) is 17.2 Å². The van der Waals surface area contributed by atoms with Crippen LogP contribution in [0, 0.1) is 11.3 Å². The minimum atomic E-state index is -4.37. The molecule has 1 amide bonds. The number of phosphoric acid groups is 1. The van der Waals surface area contributed by atoms with Gasteiger partial charge in [-0.25, -0.2) is 24.5 Å². The fourth-order valence-corrected chi connectivity index (χ4v) is 10.8. The van der Waals surface area contributed by atoms with Gasteiger partial charge in [-0.2, -0.15) is 5.26 Å². The first-order valence-electron chi connectivity index (χ1n) is 21.7. The van der Waals surface area contributed by atoms with Gasteiger partial charge in [0, 0.05) is 18.4 Å². The second-order valence-electron chi connectivity index (χ2n) is 15.1. The first-order chi connectivity index (χ1) is 33.8. The lowest BCUT2D eigenvalue weighted by atomic mass is 9.80. The molecular weight excluding hydrogens is 942 g/mol. The standard InChI is InChI=1S/C49H48N7O10PS2/c1-59-38-21-17-36(18-22-38)49(35-12-5-3-6-13-35,37-19-23-39(60-2)24-20-37)62-31-42-41(66-67(58,63-27-11-25-50)64-28-29-68-69-44-16-9-10-26-51-44)30-45(65-42)56-34-54-46-47(52-33-53-48(46)56)55-43(57)32-61-40-14-7-4-8-15-40/h3-10,12-24,26,33-34,41-42,45H,11,27-32H2,1-2H3,(H,52,53,55,57)/t41-,42-,45-,67?/m1/s1. The molecule has 0 saturated carbocycles. The Morgan fingerprint density at radius 1 is 0.826 bits per heavy atom. The number of amides is 1. The third-order valence-corrected chi connectivity index (χ3v) is 14.5. The first kappa shape index (κ1) is 49.1. The molecule has 1 unspecified atom stereocenters. The van der Waals surface area contributed by atoms with E-state index in [2.05, 4.69) is 25.3 Å². The zero-order chi connectivity index (χ0) is 47.9. The number of ether oxygens (including phenoxy) is 5. The number of imidazole rings is 1. The van der Waals surface area contributed by atoms with Crippen LogP contribution in [-0.4, -0.2) is 89.0 Å². The number of nitrogens with zero attached hydrogens (tertiary/aromatic N) is 6. The van der Waals surface area contributed by atoms with E-state index in [9.17, 15) is 14.6 Å². The number of carbonyl (C=O) groups is 1. The number of fused-ring (bicyclic) bond motifs is 1. The van der Waals surface area contributed by atoms with Crippen molar-refractivity contribution in [2.24, 2.45) is 0 Å². The van der Waals surface area contributed by atoms with Gasteiger partial charge in [-0.1, -0.05) is 89.7 Å². The summed E-state index contributed by atoms with van der Waals surface area (Å²) in [5, 5.41) is 13.0. The van der Waals surface area contributed by atoms with E-state index in [0.29, 0.717) is 34.2 Å². The maximum absolute atomic E-state index is 14.7. The number of aromatic nitrogens is 5. The molecular formula is C49H48N7O10PS2. The van der Waals surface area contributed by atoms with Gasteiger partial charge in [-0.3, -0.25) is 22.9 Å². The van der Waals surface area contributed by atoms with Crippen LogP contribution in [0.2, 0.25) is 0 Å². The van der Waals surface area contributed by atoms with Crippen LogP contribution >= 0.6 is 29.4 Å². The highest BCUT2D eigenvalue weighted by Crippen LogP contribution is 2.54. The fourth-order valence-electron chi connectivity index (χ4n) is 7.55. The number of para-hydroxylation sites is 1. The van der Waals surface area contributed by atoms with E-state index in [-0.39, 0.29) is 45.1 Å². The Balaban J connectivity index is 1.11. The average Bonchev–Trinajstić information content (AvgIpc) is 4.01. The third-order valence-electron chi connectivity index (χ3n) is 10.8. The highest BCUT2D eigenvalue weighted by Gasteiger charge is 2.46. The van der Waals surface area contributed by atoms with Gasteiger partial charge >= 0.3 is 7.82 Å². The van der Waals surface area contributed by atoms with Crippen LogP contribution < -0.4 is 19.5 Å². The van der Waals surface area contributed by atoms with Crippen molar-refractivity contribution >= 4 is 52.3 Å². The van der Waals surface area contributed by atoms with Crippen molar-refractivity contribution in [1.82, 2.24) is 24.5 Å². The normalized spacial score (nSPS) is 16.6. The number of benzene rings is 4. The van der Waals surface area contributed by atoms with Crippen molar-refractivity contribution < 1.29 is 46.6 Å². The van der Waals surface area contributed by atoms with Crippen LogP contribution in [0.25, 0.3) is 11.2 Å². The van der Waals surface area contributed by atoms with E-state index < -0.39 is 37.8 Å². The summed E-state index contributed by atoms with van der Waals surface area (Å²) in [6, 6.07) is 41.6. The zero-order valence-corrected chi connectivity index (χ0v) is 40.1. The lowest BCUT2D eigenvalue weighted by Crippen LogP contribution is -2.38. The van der Waals surface area contributed by atoms with Gasteiger partial charge in [-0.05, 0) is 76.0 Å². The molecule has 0 spiro atoms. The van der Waals surface area contributed by atoms with E-state index >= 15 is 0 Å². The quantitative estimate of drug-likeness (QED) is 0.0259. The smallest absolute Gasteiger partial charge is 0.475 e. The van der Waals surface area contributed by atoms with Gasteiger partial charge in [0.25, 0.3) is 5.91 Å². The van der Waals surface area contributed by atoms with E-state index in [1.807, 2.05) is 121 Å². The molecule has 356 valence electrons. The molecule has 4 aromatic carbocycles. The summed E-state index contributed by atoms with van der Waals surface area (Å²) in [6.45, 7) is -0.595. The van der Waals surface area contributed by atoms with Crippen molar-refractivity contribution in [3.05, 3.63) is 163 Å². The summed E-state index contributed by atoms with van der Waals surface area (Å²) in [4.78, 5) is 30.8. The number of methoxy groups -OCH3 is 2. The topological polar surface area (TPSA) is 200 Å². The summed E-state index contributed by atoms with van der Waals surface area (Å²) in [7, 11) is 1.75. The molecule has 7 aromatic rings. The number of nitriles is 1. The molecule has 1 saturated heterocycles. The Morgan fingerprint density at radius 3 is 2.16 bits per heavy atom. The molecule has 17 nitrogen and oxygen atoms in total. The lowest BCUT2D eigenvalue weighted by molar-refractivity contribution is -0.118. The Kier molecular flexibility index (Phi) is 16.9. The highest BCUT2D eigenvalue weighted by molar-refractivity contribution is 8.76. The third kappa shape index (κ3) is 12.3. The molecule has 0 aliphatic carbocycles. The number of hydrogen-bond acceptors (Lipinski definition) is 17. The second-order valence-corrected chi connectivity index (χ2v) is 19.2. The van der Waals surface area contributed by atoms with E-state index in [4.69, 9.17) is 37.3 Å². The number of phosphoric ester groups is 1. The molecule has 8 rings (SSSR count). The summed E-state index contributed by atoms with van der Waals surface area (Å²) in [5.41, 5.74) is 1.76. The van der Waals surface area contributed by atoms with Crippen molar-refractivity contribution in [3.8, 4) is 23.3 Å². The lowest BCUT2D eigenvalue weighted by Gasteiger charge is -2.37. The Hall–Kier alpha value is -6.33. The highest BCUT2D eigenvalue weighted by atomic mass is 33.1. The van der Waals surface area contributed by atoms with Gasteiger partial charge in [0.1, 0.15) is 52.6 Å². The van der Waals surface area contributed by atoms with Gasteiger partial charge in [0.15, 0.2) is 23.6 Å². The summed E-state index contributed by atoms with van der Waals surface area (Å²) in [5.74, 6) is 1.98. The number of pyridine rings is 1. The van der Waals surface area contributed by atoms with E-state index in [1.165, 1.54) is 34.2 Å². The van der Waals surface area contributed by atoms with Crippen LogP contribution in [0.3, 0.4) is 0 Å². The summed E-state index contributed by atoms with van der Waals surface area (Å²) < 4.78 is 65.4. The van der Waals surface area contributed by atoms with E-state index in [1.54, 1.807) is 37.1 Å². The molecule has 4 heterocycles. The van der Waals surface area contributed by atoms with Gasteiger partial charge in [0.05, 0.1) is 52.9 Å². The molecule has 1 aliphatic heterocycles. The average molecular weight is 990 g/mol. The number of carbonyl (C=O) groups excluding carboxylic acids is 1. The molecule has 0 bridgehead atoms. The number of anilines is 1. The molecule has 1 N–H and O–H groups in total. The van der Waals surface area contributed by atoms with Crippen molar-refractivity contribution in [2.45, 2.75) is 41.9 Å². The molecule has 3 aromatic heterocycles. The van der Waals surface area contributed by atoms with Crippen LogP contribution in [0.1, 0.15) is 35.8 Å². The number of nitrogens with one attached hydrogen (secondary N) is 1. The largest absolute Gasteiger partial charge is 0.497 e. The first-order valence-corrected chi connectivity index (χ1v) is 25.5. The van der Waals surface area contributed by atoms with Gasteiger partial charge in [-0.15, -0.1) is 0 Å². The minimum absolute atomic E-state index is 0.00742. The molecule has 0 radical (unpaired) electrons.